The Morgan fingerprint density at radius 3 is 2.36 bits per heavy atom. The number of nitrogens with zero attached hydrogens (tertiary/aromatic N) is 3. The van der Waals surface area contributed by atoms with Crippen molar-refractivity contribution >= 4 is 5.91 Å². The second kappa shape index (κ2) is 7.55. The molecule has 3 fully saturated rings. The molecule has 1 aliphatic carbocycles. The highest BCUT2D eigenvalue weighted by Crippen LogP contribution is 2.40. The number of likely N-dealkylation sites (tertiary alicyclic amines) is 2. The van der Waals surface area contributed by atoms with Crippen LogP contribution in [0.5, 0.6) is 5.75 Å². The van der Waals surface area contributed by atoms with E-state index in [4.69, 9.17) is 4.74 Å². The van der Waals surface area contributed by atoms with Gasteiger partial charge in [-0.1, -0.05) is 18.2 Å². The molecule has 5 rings (SSSR count). The summed E-state index contributed by atoms with van der Waals surface area (Å²) in [5.74, 6) is 1.64. The number of amides is 1. The van der Waals surface area contributed by atoms with E-state index in [-0.39, 0.29) is 12.1 Å². The summed E-state index contributed by atoms with van der Waals surface area (Å²) in [6, 6.07) is 15.0. The van der Waals surface area contributed by atoms with E-state index >= 15 is 0 Å². The van der Waals surface area contributed by atoms with Crippen molar-refractivity contribution in [1.82, 2.24) is 14.8 Å². The fourth-order valence-electron chi connectivity index (χ4n) is 4.62. The molecule has 28 heavy (non-hydrogen) atoms. The maximum absolute atomic E-state index is 12.3. The molecule has 2 atom stereocenters. The van der Waals surface area contributed by atoms with Crippen LogP contribution in [0.3, 0.4) is 0 Å². The second-order valence-electron chi connectivity index (χ2n) is 8.22. The average molecular weight is 377 g/mol. The molecule has 5 heteroatoms. The summed E-state index contributed by atoms with van der Waals surface area (Å²) >= 11 is 0. The molecule has 2 saturated heterocycles. The van der Waals surface area contributed by atoms with E-state index < -0.39 is 0 Å². The summed E-state index contributed by atoms with van der Waals surface area (Å²) in [7, 11) is 0. The average Bonchev–Trinajstić information content (AvgIpc) is 3.57. The third-order valence-electron chi connectivity index (χ3n) is 6.35. The second-order valence-corrected chi connectivity index (χ2v) is 8.22. The van der Waals surface area contributed by atoms with Crippen LogP contribution in [0.25, 0.3) is 0 Å². The van der Waals surface area contributed by atoms with Crippen molar-refractivity contribution in [3.63, 3.8) is 0 Å². The molecule has 2 aliphatic heterocycles. The minimum atomic E-state index is 0.149. The molecule has 3 aliphatic rings. The van der Waals surface area contributed by atoms with E-state index in [1.807, 2.05) is 42.7 Å². The highest BCUT2D eigenvalue weighted by Gasteiger charge is 2.46. The zero-order valence-electron chi connectivity index (χ0n) is 16.1. The van der Waals surface area contributed by atoms with E-state index in [2.05, 4.69) is 26.9 Å². The summed E-state index contributed by atoms with van der Waals surface area (Å²) in [6.07, 6.45) is 8.16. The minimum absolute atomic E-state index is 0.149. The van der Waals surface area contributed by atoms with E-state index in [1.165, 1.54) is 5.56 Å². The summed E-state index contributed by atoms with van der Waals surface area (Å²) in [6.45, 7) is 2.72. The molecule has 2 unspecified atom stereocenters. The van der Waals surface area contributed by atoms with Gasteiger partial charge in [-0.15, -0.1) is 0 Å². The first kappa shape index (κ1) is 17.7. The SMILES string of the molecule is O=C(C1CC1)N1CCC(N2CC(Oc3ccccc3)C2c2ccncc2)CC1. The van der Waals surface area contributed by atoms with Gasteiger partial charge in [0, 0.05) is 44.0 Å². The molecule has 5 nitrogen and oxygen atoms in total. The third-order valence-corrected chi connectivity index (χ3v) is 6.35. The van der Waals surface area contributed by atoms with Crippen LogP contribution in [0.2, 0.25) is 0 Å². The summed E-state index contributed by atoms with van der Waals surface area (Å²) in [4.78, 5) is 21.2. The Labute approximate surface area is 166 Å². The van der Waals surface area contributed by atoms with Crippen LogP contribution in [0.15, 0.2) is 54.9 Å². The first-order valence-electron chi connectivity index (χ1n) is 10.5. The maximum atomic E-state index is 12.3. The van der Waals surface area contributed by atoms with Gasteiger partial charge in [0.2, 0.25) is 5.91 Å². The van der Waals surface area contributed by atoms with Crippen LogP contribution in [0.4, 0.5) is 0 Å². The molecule has 0 N–H and O–H groups in total. The van der Waals surface area contributed by atoms with Crippen LogP contribution in [-0.4, -0.2) is 52.5 Å². The van der Waals surface area contributed by atoms with Crippen LogP contribution >= 0.6 is 0 Å². The molecule has 0 radical (unpaired) electrons. The molecule has 1 aromatic carbocycles. The molecule has 146 valence electrons. The fourth-order valence-corrected chi connectivity index (χ4v) is 4.62. The lowest BCUT2D eigenvalue weighted by molar-refractivity contribution is -0.136. The number of para-hydroxylation sites is 1. The standard InChI is InChI=1S/C23H27N3O2/c27-23(18-6-7-18)25-14-10-19(11-15-25)26-16-21(28-20-4-2-1-3-5-20)22(26)17-8-12-24-13-9-17/h1-5,8-9,12-13,18-19,21-22H,6-7,10-11,14-16H2. The Kier molecular flexibility index (Phi) is 4.77. The molecule has 1 amide bonds. The summed E-state index contributed by atoms with van der Waals surface area (Å²) in [5.41, 5.74) is 1.26. The number of aromatic nitrogens is 1. The zero-order valence-corrected chi connectivity index (χ0v) is 16.1. The molecular weight excluding hydrogens is 350 g/mol. The van der Waals surface area contributed by atoms with Crippen molar-refractivity contribution in [3.05, 3.63) is 60.4 Å². The van der Waals surface area contributed by atoms with Crippen molar-refractivity contribution < 1.29 is 9.53 Å². The molecule has 3 heterocycles. The van der Waals surface area contributed by atoms with Gasteiger partial charge in [-0.2, -0.15) is 0 Å². The van der Waals surface area contributed by atoms with Gasteiger partial charge in [0.15, 0.2) is 0 Å². The van der Waals surface area contributed by atoms with Crippen molar-refractivity contribution in [2.75, 3.05) is 19.6 Å². The summed E-state index contributed by atoms with van der Waals surface area (Å²) in [5, 5.41) is 0. The molecular formula is C23H27N3O2. The largest absolute Gasteiger partial charge is 0.487 e. The first-order valence-corrected chi connectivity index (χ1v) is 10.5. The van der Waals surface area contributed by atoms with Gasteiger partial charge in [-0.3, -0.25) is 14.7 Å². The van der Waals surface area contributed by atoms with Crippen LogP contribution in [0, 0.1) is 5.92 Å². The van der Waals surface area contributed by atoms with Crippen molar-refractivity contribution in [3.8, 4) is 5.75 Å². The lowest BCUT2D eigenvalue weighted by atomic mass is 9.87. The Hall–Kier alpha value is -2.40. The normalized spacial score (nSPS) is 25.9. The van der Waals surface area contributed by atoms with Gasteiger partial charge in [-0.05, 0) is 55.5 Å². The monoisotopic (exact) mass is 377 g/mol. The first-order chi connectivity index (χ1) is 13.8. The van der Waals surface area contributed by atoms with Crippen molar-refractivity contribution in [2.24, 2.45) is 5.92 Å². The number of carbonyl (C=O) groups is 1. The number of benzene rings is 1. The number of piperidine rings is 1. The van der Waals surface area contributed by atoms with E-state index in [0.717, 1.165) is 51.1 Å². The zero-order chi connectivity index (χ0) is 18.9. The van der Waals surface area contributed by atoms with Crippen molar-refractivity contribution in [2.45, 2.75) is 43.9 Å². The Morgan fingerprint density at radius 1 is 0.964 bits per heavy atom. The van der Waals surface area contributed by atoms with Crippen LogP contribution in [0.1, 0.15) is 37.3 Å². The van der Waals surface area contributed by atoms with Gasteiger partial charge in [0.25, 0.3) is 0 Å². The van der Waals surface area contributed by atoms with Gasteiger partial charge in [0.05, 0.1) is 6.04 Å². The smallest absolute Gasteiger partial charge is 0.225 e. The highest BCUT2D eigenvalue weighted by atomic mass is 16.5. The Bertz CT molecular complexity index is 801. The Morgan fingerprint density at radius 2 is 1.68 bits per heavy atom. The molecule has 1 aromatic heterocycles. The number of pyridine rings is 1. The van der Waals surface area contributed by atoms with Gasteiger partial charge < -0.3 is 9.64 Å². The van der Waals surface area contributed by atoms with Gasteiger partial charge in [0.1, 0.15) is 11.9 Å². The predicted molar refractivity (Wildman–Crippen MR) is 107 cm³/mol. The van der Waals surface area contributed by atoms with Crippen molar-refractivity contribution in [1.29, 1.82) is 0 Å². The van der Waals surface area contributed by atoms with Gasteiger partial charge >= 0.3 is 0 Å². The lowest BCUT2D eigenvalue weighted by Gasteiger charge is -2.53. The van der Waals surface area contributed by atoms with Gasteiger partial charge in [-0.25, -0.2) is 0 Å². The number of hydrogen-bond acceptors (Lipinski definition) is 4. The third kappa shape index (κ3) is 3.51. The van der Waals surface area contributed by atoms with Crippen LogP contribution in [-0.2, 0) is 4.79 Å². The van der Waals surface area contributed by atoms with E-state index in [0.29, 0.717) is 17.9 Å². The van der Waals surface area contributed by atoms with Crippen LogP contribution < -0.4 is 4.74 Å². The Balaban J connectivity index is 1.27. The minimum Gasteiger partial charge on any atom is -0.487 e. The predicted octanol–water partition coefficient (Wildman–Crippen LogP) is 3.29. The lowest BCUT2D eigenvalue weighted by Crippen LogP contribution is -2.61. The topological polar surface area (TPSA) is 45.7 Å². The molecule has 2 aromatic rings. The number of carbonyl (C=O) groups excluding carboxylic acids is 1. The number of rotatable bonds is 5. The number of ether oxygens (including phenoxy) is 1. The molecule has 0 bridgehead atoms. The van der Waals surface area contributed by atoms with E-state index in [1.54, 1.807) is 0 Å². The van der Waals surface area contributed by atoms with E-state index in [9.17, 15) is 4.79 Å². The quantitative estimate of drug-likeness (QED) is 0.802. The maximum Gasteiger partial charge on any atom is 0.225 e. The molecule has 1 saturated carbocycles. The molecule has 0 spiro atoms. The summed E-state index contributed by atoms with van der Waals surface area (Å²) < 4.78 is 6.31. The fraction of sp³-hybridized carbons (Fsp3) is 0.478. The number of hydrogen-bond donors (Lipinski definition) is 0. The highest BCUT2D eigenvalue weighted by molar-refractivity contribution is 5.81.